The Bertz CT molecular complexity index is 574. The second-order valence-corrected chi connectivity index (χ2v) is 6.41. The molecule has 0 aromatic heterocycles. The number of amides is 1. The van der Waals surface area contributed by atoms with E-state index in [2.05, 4.69) is 0 Å². The summed E-state index contributed by atoms with van der Waals surface area (Å²) in [4.78, 5) is 13.5. The first-order chi connectivity index (χ1) is 10.7. The van der Waals surface area contributed by atoms with Gasteiger partial charge in [0.15, 0.2) is 6.17 Å². The number of carbonyl (C=O) groups excluding carboxylic acids is 1. The molecule has 0 radical (unpaired) electrons. The fourth-order valence-corrected chi connectivity index (χ4v) is 2.17. The van der Waals surface area contributed by atoms with E-state index in [4.69, 9.17) is 9.47 Å². The van der Waals surface area contributed by atoms with Gasteiger partial charge in [0.1, 0.15) is 18.0 Å². The van der Waals surface area contributed by atoms with E-state index in [-0.39, 0.29) is 5.75 Å². The van der Waals surface area contributed by atoms with E-state index in [1.807, 2.05) is 0 Å². The lowest BCUT2D eigenvalue weighted by molar-refractivity contribution is -0.0148. The van der Waals surface area contributed by atoms with Crippen LogP contribution in [0.5, 0.6) is 5.75 Å². The second-order valence-electron chi connectivity index (χ2n) is 6.41. The summed E-state index contributed by atoms with van der Waals surface area (Å²) in [6, 6.07) is 4.66. The summed E-state index contributed by atoms with van der Waals surface area (Å²) in [5.74, 6) is 0.0957. The molecule has 128 valence electrons. The van der Waals surface area contributed by atoms with E-state index in [0.717, 1.165) is 11.1 Å². The zero-order chi connectivity index (χ0) is 17.2. The van der Waals surface area contributed by atoms with Crippen LogP contribution in [-0.4, -0.2) is 35.8 Å². The summed E-state index contributed by atoms with van der Waals surface area (Å²) in [5.41, 5.74) is 1.04. The fourth-order valence-electron chi connectivity index (χ4n) is 2.17. The van der Waals surface area contributed by atoms with Crippen molar-refractivity contribution in [2.24, 2.45) is 0 Å². The van der Waals surface area contributed by atoms with Gasteiger partial charge >= 0.3 is 6.09 Å². The Morgan fingerprint density at radius 2 is 1.91 bits per heavy atom. The van der Waals surface area contributed by atoms with Crippen LogP contribution in [-0.2, 0) is 17.8 Å². The number of nitrogens with zero attached hydrogens (tertiary/aromatic N) is 1. The topological polar surface area (TPSA) is 38.8 Å². The van der Waals surface area contributed by atoms with Crippen LogP contribution in [0.4, 0.5) is 18.0 Å². The maximum atomic E-state index is 13.3. The average Bonchev–Trinajstić information content (AvgIpc) is 2.87. The van der Waals surface area contributed by atoms with E-state index in [1.54, 1.807) is 26.8 Å². The highest BCUT2D eigenvalue weighted by Gasteiger charge is 2.28. The van der Waals surface area contributed by atoms with Crippen molar-refractivity contribution < 1.29 is 27.4 Å². The van der Waals surface area contributed by atoms with Crippen molar-refractivity contribution in [3.05, 3.63) is 29.3 Å². The lowest BCUT2D eigenvalue weighted by Gasteiger charge is -2.24. The van der Waals surface area contributed by atoms with Gasteiger partial charge in [-0.05, 0) is 44.0 Å². The SMILES string of the molecule is CC(C)(C)OC(=O)N1Cc2ccc(OC(F)C(F)CF)cc2C1. The van der Waals surface area contributed by atoms with Crippen LogP contribution in [0, 0.1) is 0 Å². The van der Waals surface area contributed by atoms with Crippen molar-refractivity contribution in [3.63, 3.8) is 0 Å². The van der Waals surface area contributed by atoms with E-state index in [0.29, 0.717) is 13.1 Å². The minimum Gasteiger partial charge on any atom is -0.457 e. The summed E-state index contributed by atoms with van der Waals surface area (Å²) in [6.07, 6.45) is -5.12. The smallest absolute Gasteiger partial charge is 0.410 e. The van der Waals surface area contributed by atoms with E-state index >= 15 is 0 Å². The summed E-state index contributed by atoms with van der Waals surface area (Å²) >= 11 is 0. The number of fused-ring (bicyclic) bond motifs is 1. The van der Waals surface area contributed by atoms with Gasteiger partial charge in [-0.2, -0.15) is 4.39 Å². The fraction of sp³-hybridized carbons (Fsp3) is 0.562. The van der Waals surface area contributed by atoms with Gasteiger partial charge < -0.3 is 9.47 Å². The molecule has 1 aromatic carbocycles. The van der Waals surface area contributed by atoms with Gasteiger partial charge in [0, 0.05) is 13.1 Å². The van der Waals surface area contributed by atoms with Crippen molar-refractivity contribution in [2.75, 3.05) is 6.67 Å². The molecular weight excluding hydrogens is 311 g/mol. The molecule has 0 saturated carbocycles. The summed E-state index contributed by atoms with van der Waals surface area (Å²) < 4.78 is 48.3. The van der Waals surface area contributed by atoms with Crippen LogP contribution in [0.15, 0.2) is 18.2 Å². The Morgan fingerprint density at radius 3 is 2.52 bits per heavy atom. The average molecular weight is 331 g/mol. The molecule has 0 N–H and O–H groups in total. The maximum absolute atomic E-state index is 13.3. The molecule has 2 unspecified atom stereocenters. The highest BCUT2D eigenvalue weighted by atomic mass is 19.2. The predicted octanol–water partition coefficient (Wildman–Crippen LogP) is 3.92. The molecule has 1 heterocycles. The van der Waals surface area contributed by atoms with Gasteiger partial charge in [-0.25, -0.2) is 13.6 Å². The lowest BCUT2D eigenvalue weighted by Crippen LogP contribution is -2.33. The first-order valence-corrected chi connectivity index (χ1v) is 7.30. The molecule has 0 aliphatic carbocycles. The predicted molar refractivity (Wildman–Crippen MR) is 78.3 cm³/mol. The third-order valence-corrected chi connectivity index (χ3v) is 3.23. The summed E-state index contributed by atoms with van der Waals surface area (Å²) in [7, 11) is 0. The number of alkyl halides is 3. The molecule has 2 rings (SSSR count). The molecule has 0 saturated heterocycles. The highest BCUT2D eigenvalue weighted by molar-refractivity contribution is 5.69. The van der Waals surface area contributed by atoms with Crippen LogP contribution in [0.1, 0.15) is 31.9 Å². The van der Waals surface area contributed by atoms with Crippen molar-refractivity contribution >= 4 is 6.09 Å². The van der Waals surface area contributed by atoms with Gasteiger partial charge in [0.25, 0.3) is 6.36 Å². The minimum atomic E-state index is -2.36. The van der Waals surface area contributed by atoms with E-state index in [9.17, 15) is 18.0 Å². The quantitative estimate of drug-likeness (QED) is 0.839. The molecular formula is C16H20F3NO3. The number of ether oxygens (including phenoxy) is 2. The maximum Gasteiger partial charge on any atom is 0.410 e. The van der Waals surface area contributed by atoms with Gasteiger partial charge in [-0.3, -0.25) is 4.90 Å². The number of halogens is 3. The Labute approximate surface area is 133 Å². The Balaban J connectivity index is 2.02. The molecule has 0 bridgehead atoms. The van der Waals surface area contributed by atoms with Crippen LogP contribution in [0.3, 0.4) is 0 Å². The standard InChI is InChI=1S/C16H20F3NO3/c1-16(2,3)23-15(21)20-8-10-4-5-12(6-11(10)9-20)22-14(19)13(18)7-17/h4-6,13-14H,7-9H2,1-3H3. The number of rotatable bonds is 4. The normalized spacial score (nSPS) is 16.7. The molecule has 1 aliphatic heterocycles. The van der Waals surface area contributed by atoms with Crippen LogP contribution in [0.25, 0.3) is 0 Å². The summed E-state index contributed by atoms with van der Waals surface area (Å²) in [6.45, 7) is 4.55. The van der Waals surface area contributed by atoms with Gasteiger partial charge in [0.2, 0.25) is 0 Å². The molecule has 2 atom stereocenters. The van der Waals surface area contributed by atoms with E-state index < -0.39 is 30.9 Å². The third kappa shape index (κ3) is 4.53. The monoisotopic (exact) mass is 331 g/mol. The molecule has 7 heteroatoms. The summed E-state index contributed by atoms with van der Waals surface area (Å²) in [5, 5.41) is 0. The largest absolute Gasteiger partial charge is 0.457 e. The van der Waals surface area contributed by atoms with Gasteiger partial charge in [-0.1, -0.05) is 6.07 Å². The number of hydrogen-bond donors (Lipinski definition) is 0. The zero-order valence-corrected chi connectivity index (χ0v) is 13.3. The molecule has 4 nitrogen and oxygen atoms in total. The van der Waals surface area contributed by atoms with Crippen molar-refractivity contribution in [2.45, 2.75) is 52.0 Å². The molecule has 23 heavy (non-hydrogen) atoms. The van der Waals surface area contributed by atoms with Gasteiger partial charge in [-0.15, -0.1) is 0 Å². The van der Waals surface area contributed by atoms with Crippen LogP contribution >= 0.6 is 0 Å². The number of benzene rings is 1. The Morgan fingerprint density at radius 1 is 1.26 bits per heavy atom. The molecule has 1 aliphatic rings. The highest BCUT2D eigenvalue weighted by Crippen LogP contribution is 2.29. The Kier molecular flexibility index (Phi) is 5.06. The van der Waals surface area contributed by atoms with Crippen molar-refractivity contribution in [3.8, 4) is 5.75 Å². The number of carbonyl (C=O) groups is 1. The van der Waals surface area contributed by atoms with Gasteiger partial charge in [0.05, 0.1) is 0 Å². The third-order valence-electron chi connectivity index (χ3n) is 3.23. The number of hydrogen-bond acceptors (Lipinski definition) is 3. The molecule has 0 spiro atoms. The van der Waals surface area contributed by atoms with Crippen molar-refractivity contribution in [1.29, 1.82) is 0 Å². The first kappa shape index (κ1) is 17.4. The second kappa shape index (κ2) is 6.68. The molecule has 0 fully saturated rings. The lowest BCUT2D eigenvalue weighted by atomic mass is 10.1. The van der Waals surface area contributed by atoms with Crippen LogP contribution in [0.2, 0.25) is 0 Å². The molecule has 1 aromatic rings. The Hall–Kier alpha value is -1.92. The first-order valence-electron chi connectivity index (χ1n) is 7.30. The van der Waals surface area contributed by atoms with Crippen LogP contribution < -0.4 is 4.74 Å². The van der Waals surface area contributed by atoms with Crippen molar-refractivity contribution in [1.82, 2.24) is 4.90 Å². The zero-order valence-electron chi connectivity index (χ0n) is 13.3. The molecule has 1 amide bonds. The van der Waals surface area contributed by atoms with E-state index in [1.165, 1.54) is 17.0 Å². The minimum absolute atomic E-state index is 0.0957.